The Morgan fingerprint density at radius 1 is 1.15 bits per heavy atom. The largest absolute Gasteiger partial charge is 0.324 e. The van der Waals surface area contributed by atoms with Gasteiger partial charge in [-0.05, 0) is 45.2 Å². The van der Waals surface area contributed by atoms with E-state index in [9.17, 15) is 9.59 Å². The summed E-state index contributed by atoms with van der Waals surface area (Å²) < 4.78 is 1.14. The van der Waals surface area contributed by atoms with E-state index in [-0.39, 0.29) is 17.7 Å². The molecule has 1 amide bonds. The quantitative estimate of drug-likeness (QED) is 0.670. The number of amides is 1. The maximum Gasteiger partial charge on any atom is 0.241 e. The summed E-state index contributed by atoms with van der Waals surface area (Å²) in [5.74, 6) is -0.223. The maximum absolute atomic E-state index is 12.6. The Morgan fingerprint density at radius 2 is 1.85 bits per heavy atom. The fourth-order valence-corrected chi connectivity index (χ4v) is 3.71. The Bertz CT molecular complexity index is 918. The number of carbonyl (C=O) groups is 2. The van der Waals surface area contributed by atoms with E-state index in [1.165, 1.54) is 6.92 Å². The van der Waals surface area contributed by atoms with Gasteiger partial charge in [-0.15, -0.1) is 11.3 Å². The van der Waals surface area contributed by atoms with Crippen LogP contribution in [0.25, 0.3) is 10.2 Å². The molecule has 0 fully saturated rings. The lowest BCUT2D eigenvalue weighted by molar-refractivity contribution is -0.120. The molecule has 2 aromatic carbocycles. The van der Waals surface area contributed by atoms with Gasteiger partial charge < -0.3 is 5.32 Å². The summed E-state index contributed by atoms with van der Waals surface area (Å²) in [4.78, 5) is 30.9. The van der Waals surface area contributed by atoms with Crippen molar-refractivity contribution in [2.75, 3.05) is 12.4 Å². The normalized spacial score (nSPS) is 12.3. The highest BCUT2D eigenvalue weighted by atomic mass is 32.1. The smallest absolute Gasteiger partial charge is 0.241 e. The highest BCUT2D eigenvalue weighted by Crippen LogP contribution is 2.23. The fraction of sp³-hybridized carbons (Fsp3) is 0.250. The van der Waals surface area contributed by atoms with Crippen LogP contribution in [0.4, 0.5) is 5.69 Å². The summed E-state index contributed by atoms with van der Waals surface area (Å²) in [6.07, 6.45) is 0. The zero-order valence-corrected chi connectivity index (χ0v) is 15.8. The molecule has 3 rings (SSSR count). The number of nitrogens with zero attached hydrogens (tertiary/aromatic N) is 2. The van der Waals surface area contributed by atoms with E-state index in [0.29, 0.717) is 17.8 Å². The number of Topliss-reactive ketones (excluding diaryl/α,β-unsaturated/α-hetero) is 1. The van der Waals surface area contributed by atoms with Gasteiger partial charge in [0, 0.05) is 5.56 Å². The van der Waals surface area contributed by atoms with Crippen molar-refractivity contribution in [3.8, 4) is 0 Å². The van der Waals surface area contributed by atoms with Crippen LogP contribution < -0.4 is 5.32 Å². The lowest BCUT2D eigenvalue weighted by Gasteiger charge is -2.23. The Kier molecular flexibility index (Phi) is 5.44. The van der Waals surface area contributed by atoms with Crippen molar-refractivity contribution in [1.82, 2.24) is 9.88 Å². The van der Waals surface area contributed by atoms with Crippen molar-refractivity contribution in [1.29, 1.82) is 0 Å². The molecule has 0 aliphatic heterocycles. The molecule has 0 saturated heterocycles. The van der Waals surface area contributed by atoms with Gasteiger partial charge in [-0.3, -0.25) is 14.5 Å². The van der Waals surface area contributed by atoms with E-state index < -0.39 is 0 Å². The molecule has 26 heavy (non-hydrogen) atoms. The van der Waals surface area contributed by atoms with Crippen LogP contribution in [0, 0.1) is 0 Å². The third-order valence-corrected chi connectivity index (χ3v) is 5.35. The summed E-state index contributed by atoms with van der Waals surface area (Å²) in [5, 5.41) is 3.84. The molecule has 3 aromatic rings. The van der Waals surface area contributed by atoms with Crippen LogP contribution in [0.3, 0.4) is 0 Å². The number of hydrogen-bond donors (Lipinski definition) is 1. The highest BCUT2D eigenvalue weighted by Gasteiger charge is 2.20. The average molecular weight is 367 g/mol. The van der Waals surface area contributed by atoms with E-state index in [1.54, 1.807) is 35.6 Å². The second kappa shape index (κ2) is 7.76. The van der Waals surface area contributed by atoms with Gasteiger partial charge in [0.15, 0.2) is 5.78 Å². The van der Waals surface area contributed by atoms with Gasteiger partial charge in [0.2, 0.25) is 5.91 Å². The van der Waals surface area contributed by atoms with Gasteiger partial charge >= 0.3 is 0 Å². The molecule has 6 heteroatoms. The molecule has 0 aliphatic carbocycles. The summed E-state index contributed by atoms with van der Waals surface area (Å²) in [5.41, 5.74) is 2.04. The van der Waals surface area contributed by atoms with Crippen molar-refractivity contribution < 1.29 is 9.59 Å². The van der Waals surface area contributed by atoms with Crippen molar-refractivity contribution >= 4 is 38.9 Å². The number of fused-ring (bicyclic) bond motifs is 1. The Morgan fingerprint density at radius 3 is 2.58 bits per heavy atom. The summed E-state index contributed by atoms with van der Waals surface area (Å²) in [6, 6.07) is 14.7. The molecule has 0 radical (unpaired) electrons. The van der Waals surface area contributed by atoms with Crippen LogP contribution in [0.1, 0.15) is 29.2 Å². The van der Waals surface area contributed by atoms with Crippen LogP contribution in [-0.2, 0) is 11.3 Å². The number of benzene rings is 2. The van der Waals surface area contributed by atoms with Gasteiger partial charge in [-0.2, -0.15) is 0 Å². The second-order valence-electron chi connectivity index (χ2n) is 6.26. The van der Waals surface area contributed by atoms with Gasteiger partial charge in [-0.1, -0.05) is 24.3 Å². The van der Waals surface area contributed by atoms with Crippen LogP contribution in [0.5, 0.6) is 0 Å². The van der Waals surface area contributed by atoms with Crippen molar-refractivity contribution in [2.45, 2.75) is 26.4 Å². The number of likely N-dealkylation sites (N-methyl/N-ethyl adjacent to an activating group) is 1. The highest BCUT2D eigenvalue weighted by molar-refractivity contribution is 7.18. The lowest BCUT2D eigenvalue weighted by atomic mass is 10.1. The minimum Gasteiger partial charge on any atom is -0.324 e. The molecular weight excluding hydrogens is 346 g/mol. The molecular formula is C20H21N3O2S. The molecule has 0 saturated carbocycles. The molecule has 0 spiro atoms. The predicted molar refractivity (Wildman–Crippen MR) is 106 cm³/mol. The molecule has 1 heterocycles. The molecule has 5 nitrogen and oxygen atoms in total. The van der Waals surface area contributed by atoms with Crippen LogP contribution in [0.2, 0.25) is 0 Å². The first-order valence-electron chi connectivity index (χ1n) is 8.41. The standard InChI is InChI=1S/C20H21N3O2S/c1-13(20(25)22-16-9-5-4-8-15(16)14(2)24)23(3)12-19-21-17-10-6-7-11-18(17)26-19/h4-11,13H,12H2,1-3H3,(H,22,25). The number of anilines is 1. The first-order valence-corrected chi connectivity index (χ1v) is 9.23. The van der Waals surface area contributed by atoms with E-state index in [2.05, 4.69) is 10.3 Å². The second-order valence-corrected chi connectivity index (χ2v) is 7.37. The minimum absolute atomic E-state index is 0.0728. The van der Waals surface area contributed by atoms with Crippen LogP contribution >= 0.6 is 11.3 Å². The third-order valence-electron chi connectivity index (χ3n) is 4.33. The monoisotopic (exact) mass is 367 g/mol. The van der Waals surface area contributed by atoms with Crippen molar-refractivity contribution in [3.63, 3.8) is 0 Å². The molecule has 1 aromatic heterocycles. The zero-order valence-electron chi connectivity index (χ0n) is 15.0. The number of para-hydroxylation sites is 2. The summed E-state index contributed by atoms with van der Waals surface area (Å²) in [7, 11) is 1.90. The van der Waals surface area contributed by atoms with Crippen molar-refractivity contribution in [2.24, 2.45) is 0 Å². The Balaban J connectivity index is 1.69. The Hall–Kier alpha value is -2.57. The van der Waals surface area contributed by atoms with Crippen molar-refractivity contribution in [3.05, 3.63) is 59.1 Å². The summed E-state index contributed by atoms with van der Waals surface area (Å²) >= 11 is 1.64. The Labute approximate surface area is 156 Å². The number of ketones is 1. The van der Waals surface area contributed by atoms with Crippen LogP contribution in [-0.4, -0.2) is 34.7 Å². The lowest BCUT2D eigenvalue weighted by Crippen LogP contribution is -2.39. The van der Waals surface area contributed by atoms with Crippen LogP contribution in [0.15, 0.2) is 48.5 Å². The SMILES string of the molecule is CC(=O)c1ccccc1NC(=O)C(C)N(C)Cc1nc2ccccc2s1. The summed E-state index contributed by atoms with van der Waals surface area (Å²) in [6.45, 7) is 3.93. The van der Waals surface area contributed by atoms with Gasteiger partial charge in [0.05, 0.1) is 28.5 Å². The van der Waals surface area contributed by atoms with Gasteiger partial charge in [0.1, 0.15) is 5.01 Å². The number of aromatic nitrogens is 1. The maximum atomic E-state index is 12.6. The first-order chi connectivity index (χ1) is 12.5. The molecule has 0 aliphatic rings. The fourth-order valence-electron chi connectivity index (χ4n) is 2.67. The number of rotatable bonds is 6. The van der Waals surface area contributed by atoms with E-state index in [1.807, 2.05) is 43.1 Å². The topological polar surface area (TPSA) is 62.3 Å². The van der Waals surface area contributed by atoms with E-state index >= 15 is 0 Å². The third kappa shape index (κ3) is 3.98. The molecule has 1 atom stereocenters. The zero-order chi connectivity index (χ0) is 18.7. The number of thiazole rings is 1. The van der Waals surface area contributed by atoms with E-state index in [4.69, 9.17) is 0 Å². The first kappa shape index (κ1) is 18.2. The molecule has 1 N–H and O–H groups in total. The number of hydrogen-bond acceptors (Lipinski definition) is 5. The average Bonchev–Trinajstić information content (AvgIpc) is 3.03. The number of nitrogens with one attached hydrogen (secondary N) is 1. The van der Waals surface area contributed by atoms with E-state index in [0.717, 1.165) is 15.2 Å². The van der Waals surface area contributed by atoms with Gasteiger partial charge in [0.25, 0.3) is 0 Å². The molecule has 134 valence electrons. The predicted octanol–water partition coefficient (Wildman–Crippen LogP) is 3.96. The number of carbonyl (C=O) groups excluding carboxylic acids is 2. The molecule has 0 bridgehead atoms. The minimum atomic E-state index is -0.359. The molecule has 1 unspecified atom stereocenters. The van der Waals surface area contributed by atoms with Gasteiger partial charge in [-0.25, -0.2) is 4.98 Å².